The zero-order chi connectivity index (χ0) is 14.7. The zero-order valence-electron chi connectivity index (χ0n) is 13.5. The van der Waals surface area contributed by atoms with Gasteiger partial charge in [-0.3, -0.25) is 0 Å². The number of nitrogens with zero attached hydrogens (tertiary/aromatic N) is 3. The number of aromatic nitrogens is 2. The van der Waals surface area contributed by atoms with Gasteiger partial charge in [0.15, 0.2) is 0 Å². The predicted molar refractivity (Wildman–Crippen MR) is 85.5 cm³/mol. The van der Waals surface area contributed by atoms with Crippen molar-refractivity contribution in [2.45, 2.75) is 47.5 Å². The molecule has 4 nitrogen and oxygen atoms in total. The summed E-state index contributed by atoms with van der Waals surface area (Å²) in [5.74, 6) is 4.59. The van der Waals surface area contributed by atoms with E-state index < -0.39 is 0 Å². The maximum Gasteiger partial charge on any atom is 0.137 e. The molecule has 0 radical (unpaired) electrons. The monoisotopic (exact) mass is 276 g/mol. The molecule has 4 heteroatoms. The van der Waals surface area contributed by atoms with E-state index in [9.17, 15) is 0 Å². The Kier molecular flexibility index (Phi) is 4.84. The molecule has 1 fully saturated rings. The van der Waals surface area contributed by atoms with Crippen LogP contribution in [-0.4, -0.2) is 29.6 Å². The van der Waals surface area contributed by atoms with Crippen LogP contribution in [0.5, 0.6) is 0 Å². The average molecular weight is 276 g/mol. The van der Waals surface area contributed by atoms with Crippen molar-refractivity contribution in [2.24, 2.45) is 11.8 Å². The van der Waals surface area contributed by atoms with Crippen LogP contribution < -0.4 is 10.2 Å². The highest BCUT2D eigenvalue weighted by atomic mass is 15.2. The Hall–Kier alpha value is -1.32. The first-order chi connectivity index (χ1) is 9.56. The van der Waals surface area contributed by atoms with Gasteiger partial charge in [0.1, 0.15) is 17.5 Å². The van der Waals surface area contributed by atoms with Gasteiger partial charge in [-0.15, -0.1) is 0 Å². The standard InChI is InChI=1S/C16H28N4/c1-6-8-14-18-15(17-7-2)13(5)16(19-14)20-9-11(3)12(4)10-20/h11-12H,6-10H2,1-5H3,(H,17,18,19). The number of hydrogen-bond acceptors (Lipinski definition) is 4. The van der Waals surface area contributed by atoms with Crippen molar-refractivity contribution >= 4 is 11.6 Å². The van der Waals surface area contributed by atoms with Crippen molar-refractivity contribution < 1.29 is 0 Å². The SMILES string of the molecule is CCCc1nc(NCC)c(C)c(N2CC(C)C(C)C2)n1. The number of rotatable bonds is 5. The lowest BCUT2D eigenvalue weighted by Crippen LogP contribution is -2.23. The summed E-state index contributed by atoms with van der Waals surface area (Å²) in [7, 11) is 0. The molecule has 0 bridgehead atoms. The van der Waals surface area contributed by atoms with Crippen LogP contribution in [0.25, 0.3) is 0 Å². The van der Waals surface area contributed by atoms with E-state index in [0.29, 0.717) is 0 Å². The summed E-state index contributed by atoms with van der Waals surface area (Å²) in [6.45, 7) is 14.2. The van der Waals surface area contributed by atoms with E-state index in [0.717, 1.165) is 61.8 Å². The molecule has 2 atom stereocenters. The minimum Gasteiger partial charge on any atom is -0.370 e. The van der Waals surface area contributed by atoms with E-state index in [1.165, 1.54) is 5.56 Å². The first-order valence-corrected chi connectivity index (χ1v) is 7.93. The van der Waals surface area contributed by atoms with Gasteiger partial charge in [-0.2, -0.15) is 0 Å². The fraction of sp³-hybridized carbons (Fsp3) is 0.750. The van der Waals surface area contributed by atoms with Gasteiger partial charge in [0.25, 0.3) is 0 Å². The molecular weight excluding hydrogens is 248 g/mol. The second-order valence-electron chi connectivity index (χ2n) is 6.08. The Morgan fingerprint density at radius 1 is 1.15 bits per heavy atom. The number of hydrogen-bond donors (Lipinski definition) is 1. The summed E-state index contributed by atoms with van der Waals surface area (Å²) >= 11 is 0. The molecule has 1 N–H and O–H groups in total. The molecular formula is C16H28N4. The molecule has 0 aliphatic carbocycles. The number of aryl methyl sites for hydroxylation is 1. The van der Waals surface area contributed by atoms with Gasteiger partial charge in [0.05, 0.1) is 0 Å². The molecule has 112 valence electrons. The molecule has 2 rings (SSSR count). The number of anilines is 2. The summed E-state index contributed by atoms with van der Waals surface area (Å²) in [5.41, 5.74) is 1.19. The molecule has 1 saturated heterocycles. The molecule has 0 spiro atoms. The van der Waals surface area contributed by atoms with Crippen molar-refractivity contribution in [3.05, 3.63) is 11.4 Å². The van der Waals surface area contributed by atoms with Crippen molar-refractivity contribution in [3.63, 3.8) is 0 Å². The van der Waals surface area contributed by atoms with Crippen LogP contribution in [0.15, 0.2) is 0 Å². The van der Waals surface area contributed by atoms with Crippen LogP contribution in [0.3, 0.4) is 0 Å². The third kappa shape index (κ3) is 3.05. The van der Waals surface area contributed by atoms with Crippen LogP contribution in [-0.2, 0) is 6.42 Å². The smallest absolute Gasteiger partial charge is 0.137 e. The summed E-state index contributed by atoms with van der Waals surface area (Å²) in [6, 6.07) is 0. The normalized spacial score (nSPS) is 22.4. The minimum absolute atomic E-state index is 0.738. The highest BCUT2D eigenvalue weighted by molar-refractivity contribution is 5.59. The first-order valence-electron chi connectivity index (χ1n) is 7.93. The molecule has 2 heterocycles. The van der Waals surface area contributed by atoms with Crippen LogP contribution >= 0.6 is 0 Å². The zero-order valence-corrected chi connectivity index (χ0v) is 13.5. The second kappa shape index (κ2) is 6.42. The van der Waals surface area contributed by atoms with Crippen LogP contribution in [0, 0.1) is 18.8 Å². The fourth-order valence-corrected chi connectivity index (χ4v) is 2.84. The predicted octanol–water partition coefficient (Wildman–Crippen LogP) is 3.26. The Bertz CT molecular complexity index is 448. The van der Waals surface area contributed by atoms with Crippen LogP contribution in [0.2, 0.25) is 0 Å². The lowest BCUT2D eigenvalue weighted by atomic mass is 10.0. The molecule has 1 aromatic rings. The Balaban J connectivity index is 2.35. The minimum atomic E-state index is 0.738. The third-order valence-corrected chi connectivity index (χ3v) is 4.27. The first kappa shape index (κ1) is 15.1. The Morgan fingerprint density at radius 2 is 1.80 bits per heavy atom. The van der Waals surface area contributed by atoms with E-state index in [1.54, 1.807) is 0 Å². The van der Waals surface area contributed by atoms with E-state index >= 15 is 0 Å². The van der Waals surface area contributed by atoms with Gasteiger partial charge < -0.3 is 10.2 Å². The van der Waals surface area contributed by atoms with Crippen LogP contribution in [0.4, 0.5) is 11.6 Å². The Morgan fingerprint density at radius 3 is 2.35 bits per heavy atom. The molecule has 20 heavy (non-hydrogen) atoms. The van der Waals surface area contributed by atoms with E-state index in [-0.39, 0.29) is 0 Å². The second-order valence-corrected chi connectivity index (χ2v) is 6.08. The van der Waals surface area contributed by atoms with Crippen LogP contribution in [0.1, 0.15) is 45.5 Å². The highest BCUT2D eigenvalue weighted by Gasteiger charge is 2.28. The summed E-state index contributed by atoms with van der Waals surface area (Å²) in [6.07, 6.45) is 2.03. The third-order valence-electron chi connectivity index (χ3n) is 4.27. The largest absolute Gasteiger partial charge is 0.370 e. The van der Waals surface area contributed by atoms with Crippen molar-refractivity contribution in [1.82, 2.24) is 9.97 Å². The summed E-state index contributed by atoms with van der Waals surface area (Å²) < 4.78 is 0. The van der Waals surface area contributed by atoms with Gasteiger partial charge in [0, 0.05) is 31.6 Å². The number of nitrogens with one attached hydrogen (secondary N) is 1. The van der Waals surface area contributed by atoms with Gasteiger partial charge >= 0.3 is 0 Å². The van der Waals surface area contributed by atoms with E-state index in [2.05, 4.69) is 49.8 Å². The highest BCUT2D eigenvalue weighted by Crippen LogP contribution is 2.31. The van der Waals surface area contributed by atoms with Crippen molar-refractivity contribution in [3.8, 4) is 0 Å². The lowest BCUT2D eigenvalue weighted by Gasteiger charge is -2.22. The van der Waals surface area contributed by atoms with Crippen molar-refractivity contribution in [1.29, 1.82) is 0 Å². The quantitative estimate of drug-likeness (QED) is 0.896. The van der Waals surface area contributed by atoms with Crippen molar-refractivity contribution in [2.75, 3.05) is 29.9 Å². The molecule has 1 aliphatic rings. The molecule has 0 saturated carbocycles. The van der Waals surface area contributed by atoms with Gasteiger partial charge in [-0.25, -0.2) is 9.97 Å². The lowest BCUT2D eigenvalue weighted by molar-refractivity contribution is 0.494. The molecule has 1 aliphatic heterocycles. The Labute approximate surface area is 123 Å². The average Bonchev–Trinajstić information content (AvgIpc) is 2.74. The molecule has 1 aromatic heterocycles. The van der Waals surface area contributed by atoms with E-state index in [1.807, 2.05) is 0 Å². The summed E-state index contributed by atoms with van der Waals surface area (Å²) in [4.78, 5) is 11.9. The van der Waals surface area contributed by atoms with E-state index in [4.69, 9.17) is 4.98 Å². The maximum atomic E-state index is 4.83. The summed E-state index contributed by atoms with van der Waals surface area (Å²) in [5, 5.41) is 3.38. The maximum absolute atomic E-state index is 4.83. The molecule has 0 amide bonds. The topological polar surface area (TPSA) is 41.1 Å². The van der Waals surface area contributed by atoms with Gasteiger partial charge in [-0.05, 0) is 32.1 Å². The molecule has 0 aromatic carbocycles. The molecule has 2 unspecified atom stereocenters. The fourth-order valence-electron chi connectivity index (χ4n) is 2.84. The van der Waals surface area contributed by atoms with Gasteiger partial charge in [0.2, 0.25) is 0 Å². The van der Waals surface area contributed by atoms with Gasteiger partial charge in [-0.1, -0.05) is 20.8 Å².